The van der Waals surface area contributed by atoms with Crippen LogP contribution in [0.4, 0.5) is 0 Å². The van der Waals surface area contributed by atoms with Gasteiger partial charge in [-0.05, 0) is 70.5 Å². The van der Waals surface area contributed by atoms with Gasteiger partial charge in [-0.2, -0.15) is 0 Å². The Morgan fingerprint density at radius 2 is 1.00 bits per heavy atom. The number of benzene rings is 6. The number of fused-ring (bicyclic) bond motifs is 8. The van der Waals surface area contributed by atoms with Gasteiger partial charge in [-0.3, -0.25) is 0 Å². The molecule has 1 spiro atoms. The molecular weight excluding hydrogens is 613 g/mol. The molecule has 0 amide bonds. The lowest BCUT2D eigenvalue weighted by molar-refractivity contribution is 0.353. The molecule has 49 heavy (non-hydrogen) atoms. The van der Waals surface area contributed by atoms with Crippen molar-refractivity contribution in [1.29, 1.82) is 0 Å². The highest BCUT2D eigenvalue weighted by Crippen LogP contribution is 2.56. The molecule has 1 saturated carbocycles. The highest BCUT2D eigenvalue weighted by molar-refractivity contribution is 7.25. The summed E-state index contributed by atoms with van der Waals surface area (Å²) in [4.78, 5) is 10.1. The summed E-state index contributed by atoms with van der Waals surface area (Å²) < 4.78 is 2.59. The fourth-order valence-electron chi connectivity index (χ4n) is 8.51. The summed E-state index contributed by atoms with van der Waals surface area (Å²) in [5, 5.41) is 2.60. The minimum atomic E-state index is 0.167. The smallest absolute Gasteiger partial charge is 0.160 e. The van der Waals surface area contributed by atoms with Gasteiger partial charge in [0, 0.05) is 42.3 Å². The zero-order valence-corrected chi connectivity index (χ0v) is 28.0. The van der Waals surface area contributed by atoms with E-state index >= 15 is 0 Å². The van der Waals surface area contributed by atoms with Crippen molar-refractivity contribution < 1.29 is 0 Å². The number of aromatic nitrogens is 2. The van der Waals surface area contributed by atoms with E-state index in [-0.39, 0.29) is 5.41 Å². The van der Waals surface area contributed by atoms with Gasteiger partial charge >= 0.3 is 0 Å². The molecule has 0 unspecified atom stereocenters. The van der Waals surface area contributed by atoms with Crippen LogP contribution in [0.15, 0.2) is 146 Å². The Morgan fingerprint density at radius 3 is 1.76 bits per heavy atom. The fourth-order valence-corrected chi connectivity index (χ4v) is 9.70. The van der Waals surface area contributed by atoms with Crippen LogP contribution in [-0.2, 0) is 5.41 Å². The third kappa shape index (κ3) is 4.68. The van der Waals surface area contributed by atoms with Crippen LogP contribution in [-0.4, -0.2) is 9.97 Å². The molecule has 2 nitrogen and oxygen atoms in total. The molecule has 2 aliphatic carbocycles. The second-order valence-electron chi connectivity index (χ2n) is 13.7. The number of hydrogen-bond acceptors (Lipinski definition) is 3. The number of rotatable bonds is 4. The van der Waals surface area contributed by atoms with Crippen LogP contribution in [0.5, 0.6) is 0 Å². The molecular formula is C46H34N2S. The first kappa shape index (κ1) is 28.6. The summed E-state index contributed by atoms with van der Waals surface area (Å²) in [6.07, 6.45) is 6.48. The van der Waals surface area contributed by atoms with Gasteiger partial charge in [0.2, 0.25) is 0 Å². The molecule has 0 saturated heterocycles. The molecule has 0 N–H and O–H groups in total. The minimum absolute atomic E-state index is 0.167. The first-order valence-electron chi connectivity index (χ1n) is 17.4. The fraction of sp³-hybridized carbons (Fsp3) is 0.130. The van der Waals surface area contributed by atoms with Crippen molar-refractivity contribution in [2.45, 2.75) is 37.5 Å². The SMILES string of the molecule is c1ccc(-c2cc(-c3ccc4c(c3)sc3cc(-c5ccc6c(c5)C5(CCCCC5)c5ccccc5-6)ccc34)nc(-c3ccccc3)n2)cc1. The quantitative estimate of drug-likeness (QED) is 0.190. The van der Waals surface area contributed by atoms with E-state index in [0.29, 0.717) is 0 Å². The van der Waals surface area contributed by atoms with Gasteiger partial charge < -0.3 is 0 Å². The van der Waals surface area contributed by atoms with Gasteiger partial charge in [0.05, 0.1) is 11.4 Å². The highest BCUT2D eigenvalue weighted by atomic mass is 32.1. The van der Waals surface area contributed by atoms with Crippen LogP contribution in [0.25, 0.3) is 76.3 Å². The standard InChI is InChI=1S/C46H34N2S/c1-4-12-30(13-5-1)41-29-42(48-45(47-41)31-14-6-2-7-15-31)34-20-23-38-37-22-19-33(27-43(37)49-44(38)28-34)32-18-21-36-35-16-8-9-17-39(35)46(40(36)26-32)24-10-3-11-25-46/h1-2,4-9,12-23,26-29H,3,10-11,24-25H2. The third-order valence-electron chi connectivity index (χ3n) is 10.9. The first-order valence-corrected chi connectivity index (χ1v) is 18.3. The van der Waals surface area contributed by atoms with Crippen molar-refractivity contribution in [3.8, 4) is 56.2 Å². The average Bonchev–Trinajstić information content (AvgIpc) is 3.67. The first-order chi connectivity index (χ1) is 24.2. The molecule has 0 bridgehead atoms. The van der Waals surface area contributed by atoms with E-state index in [0.717, 1.165) is 33.9 Å². The Bertz CT molecular complexity index is 2470. The lowest BCUT2D eigenvalue weighted by Gasteiger charge is -2.36. The molecule has 2 aromatic heterocycles. The van der Waals surface area contributed by atoms with Crippen molar-refractivity contribution >= 4 is 31.5 Å². The number of hydrogen-bond donors (Lipinski definition) is 0. The Kier molecular flexibility index (Phi) is 6.63. The molecule has 0 atom stereocenters. The third-order valence-corrected chi connectivity index (χ3v) is 12.0. The molecule has 10 rings (SSSR count). The second kappa shape index (κ2) is 11.4. The van der Waals surface area contributed by atoms with Crippen molar-refractivity contribution in [1.82, 2.24) is 9.97 Å². The molecule has 0 radical (unpaired) electrons. The Labute approximate surface area is 290 Å². The Balaban J connectivity index is 1.06. The minimum Gasteiger partial charge on any atom is -0.228 e. The van der Waals surface area contributed by atoms with E-state index in [9.17, 15) is 0 Å². The van der Waals surface area contributed by atoms with Crippen LogP contribution in [0.1, 0.15) is 43.2 Å². The maximum atomic E-state index is 5.09. The van der Waals surface area contributed by atoms with Crippen LogP contribution >= 0.6 is 11.3 Å². The number of nitrogens with zero attached hydrogens (tertiary/aromatic N) is 2. The molecule has 2 heterocycles. The maximum absolute atomic E-state index is 5.09. The van der Waals surface area contributed by atoms with Crippen LogP contribution in [0.3, 0.4) is 0 Å². The van der Waals surface area contributed by atoms with E-state index in [1.165, 1.54) is 74.5 Å². The summed E-state index contributed by atoms with van der Waals surface area (Å²) in [7, 11) is 0. The molecule has 1 fully saturated rings. The summed E-state index contributed by atoms with van der Waals surface area (Å²) in [6.45, 7) is 0. The van der Waals surface area contributed by atoms with E-state index in [1.807, 2.05) is 35.6 Å². The Hall–Kier alpha value is -5.38. The molecule has 6 aromatic carbocycles. The average molecular weight is 647 g/mol. The summed E-state index contributed by atoms with van der Waals surface area (Å²) in [5.41, 5.74) is 13.8. The van der Waals surface area contributed by atoms with E-state index in [2.05, 4.69) is 121 Å². The molecule has 2 aliphatic rings. The van der Waals surface area contributed by atoms with Crippen LogP contribution in [0.2, 0.25) is 0 Å². The van der Waals surface area contributed by atoms with Crippen LogP contribution in [0, 0.1) is 0 Å². The van der Waals surface area contributed by atoms with Gasteiger partial charge in [-0.1, -0.05) is 141 Å². The maximum Gasteiger partial charge on any atom is 0.160 e. The zero-order valence-electron chi connectivity index (χ0n) is 27.2. The topological polar surface area (TPSA) is 25.8 Å². The molecule has 8 aromatic rings. The predicted octanol–water partition coefficient (Wildman–Crippen LogP) is 12.7. The lowest BCUT2D eigenvalue weighted by Crippen LogP contribution is -2.28. The Morgan fingerprint density at radius 1 is 0.429 bits per heavy atom. The summed E-state index contributed by atoms with van der Waals surface area (Å²) in [6, 6.07) is 53.1. The van der Waals surface area contributed by atoms with E-state index in [4.69, 9.17) is 9.97 Å². The van der Waals surface area contributed by atoms with Gasteiger partial charge in [-0.15, -0.1) is 11.3 Å². The summed E-state index contributed by atoms with van der Waals surface area (Å²) in [5.74, 6) is 0.741. The van der Waals surface area contributed by atoms with Crippen molar-refractivity contribution in [3.63, 3.8) is 0 Å². The van der Waals surface area contributed by atoms with Gasteiger partial charge in [0.25, 0.3) is 0 Å². The largest absolute Gasteiger partial charge is 0.228 e. The van der Waals surface area contributed by atoms with Gasteiger partial charge in [0.1, 0.15) is 0 Å². The lowest BCUT2D eigenvalue weighted by atomic mass is 9.67. The predicted molar refractivity (Wildman–Crippen MR) is 206 cm³/mol. The molecule has 234 valence electrons. The molecule has 0 aliphatic heterocycles. The monoisotopic (exact) mass is 646 g/mol. The van der Waals surface area contributed by atoms with Crippen molar-refractivity contribution in [2.75, 3.05) is 0 Å². The number of thiophene rings is 1. The second-order valence-corrected chi connectivity index (χ2v) is 14.8. The van der Waals surface area contributed by atoms with Crippen LogP contribution < -0.4 is 0 Å². The van der Waals surface area contributed by atoms with Gasteiger partial charge in [-0.25, -0.2) is 9.97 Å². The van der Waals surface area contributed by atoms with E-state index < -0.39 is 0 Å². The zero-order chi connectivity index (χ0) is 32.4. The van der Waals surface area contributed by atoms with Gasteiger partial charge in [0.15, 0.2) is 5.82 Å². The summed E-state index contributed by atoms with van der Waals surface area (Å²) >= 11 is 1.87. The van der Waals surface area contributed by atoms with E-state index in [1.54, 1.807) is 11.1 Å². The van der Waals surface area contributed by atoms with Crippen molar-refractivity contribution in [2.24, 2.45) is 0 Å². The molecule has 3 heteroatoms. The normalized spacial score (nSPS) is 14.7. The van der Waals surface area contributed by atoms with Crippen molar-refractivity contribution in [3.05, 3.63) is 157 Å². The highest BCUT2D eigenvalue weighted by Gasteiger charge is 2.43.